The van der Waals surface area contributed by atoms with E-state index in [4.69, 9.17) is 34.8 Å². The Morgan fingerprint density at radius 2 is 2.00 bits per heavy atom. The fraction of sp³-hybridized carbons (Fsp3) is 0.750. The molecule has 54 valence electrons. The van der Waals surface area contributed by atoms with Crippen molar-refractivity contribution in [3.63, 3.8) is 0 Å². The minimum atomic E-state index is -0.750. The van der Waals surface area contributed by atoms with E-state index in [9.17, 15) is 0 Å². The van der Waals surface area contributed by atoms with E-state index >= 15 is 0 Å². The van der Waals surface area contributed by atoms with Crippen LogP contribution in [-0.2, 0) is 4.74 Å². The highest BCUT2D eigenvalue weighted by Gasteiger charge is 1.84. The molecule has 0 N–H and O–H groups in total. The van der Waals surface area contributed by atoms with Gasteiger partial charge in [0.15, 0.2) is 10.7 Å². The maximum Gasteiger partial charge on any atom is 0.180 e. The molecular formula is C4H6Cl3NO. The third-order valence-electron chi connectivity index (χ3n) is 0.487. The minimum Gasteiger partial charge on any atom is -0.482 e. The van der Waals surface area contributed by atoms with Gasteiger partial charge in [0.05, 0.1) is 6.54 Å². The zero-order valence-electron chi connectivity index (χ0n) is 4.56. The van der Waals surface area contributed by atoms with Crippen molar-refractivity contribution in [2.75, 3.05) is 13.2 Å². The van der Waals surface area contributed by atoms with E-state index in [1.165, 1.54) is 6.40 Å². The number of rotatable bonds is 0. The molecular weight excluding hydrogens is 184 g/mol. The molecule has 5 heteroatoms. The van der Waals surface area contributed by atoms with Crippen molar-refractivity contribution in [3.8, 4) is 0 Å². The lowest BCUT2D eigenvalue weighted by atomic mass is 10.8. The number of aliphatic imine (C=N–C) groups is 1. The van der Waals surface area contributed by atoms with Crippen molar-refractivity contribution >= 4 is 41.2 Å². The molecule has 9 heavy (non-hydrogen) atoms. The van der Waals surface area contributed by atoms with Crippen molar-refractivity contribution in [3.05, 3.63) is 0 Å². The Kier molecular flexibility index (Phi) is 6.70. The van der Waals surface area contributed by atoms with Crippen LogP contribution < -0.4 is 0 Å². The molecule has 1 rings (SSSR count). The molecule has 0 atom stereocenters. The Bertz CT molecular complexity index is 77.1. The van der Waals surface area contributed by atoms with Crippen LogP contribution in [0.5, 0.6) is 0 Å². The van der Waals surface area contributed by atoms with Gasteiger partial charge in [0.1, 0.15) is 6.61 Å². The van der Waals surface area contributed by atoms with Crippen molar-refractivity contribution in [2.24, 2.45) is 4.99 Å². The molecule has 0 fully saturated rings. The van der Waals surface area contributed by atoms with Crippen molar-refractivity contribution in [1.29, 1.82) is 0 Å². The first-order valence-corrected chi connectivity index (χ1v) is 3.56. The maximum absolute atomic E-state index is 4.81. The highest BCUT2D eigenvalue weighted by Crippen LogP contribution is 2.03. The lowest BCUT2D eigenvalue weighted by molar-refractivity contribution is 0.361. The highest BCUT2D eigenvalue weighted by molar-refractivity contribution is 6.63. The summed E-state index contributed by atoms with van der Waals surface area (Å²) < 4.78 is 3.90. The largest absolute Gasteiger partial charge is 0.482 e. The first kappa shape index (κ1) is 9.34. The summed E-state index contributed by atoms with van der Waals surface area (Å²) in [6.45, 7) is 1.62. The van der Waals surface area contributed by atoms with Crippen molar-refractivity contribution in [1.82, 2.24) is 0 Å². The van der Waals surface area contributed by atoms with Crippen LogP contribution in [0.1, 0.15) is 0 Å². The average Bonchev–Trinajstić information content (AvgIpc) is 2.11. The van der Waals surface area contributed by atoms with Gasteiger partial charge in [0.25, 0.3) is 0 Å². The molecule has 0 radical (unpaired) electrons. The summed E-state index contributed by atoms with van der Waals surface area (Å²) in [5, 5.41) is 0. The van der Waals surface area contributed by atoms with E-state index in [0.29, 0.717) is 0 Å². The molecule has 2 nitrogen and oxygen atoms in total. The summed E-state index contributed by atoms with van der Waals surface area (Å²) in [7, 11) is 0. The number of nitrogens with zero attached hydrogens (tertiary/aromatic N) is 1. The summed E-state index contributed by atoms with van der Waals surface area (Å²) >= 11 is 14.4. The molecule has 1 aliphatic heterocycles. The Morgan fingerprint density at radius 3 is 2.11 bits per heavy atom. The summed E-state index contributed by atoms with van der Waals surface area (Å²) in [6, 6.07) is 0. The fourth-order valence-corrected chi connectivity index (χ4v) is 0.264. The zero-order chi connectivity index (χ0) is 7.11. The fourth-order valence-electron chi connectivity index (χ4n) is 0.264. The average molecular weight is 190 g/mol. The molecule has 0 amide bonds. The standard InChI is InChI=1S/C3H5NO.CHCl3/c1-2-5-3-4-1;2-1(3)4/h3H,1-2H2;1H. The van der Waals surface area contributed by atoms with E-state index < -0.39 is 4.30 Å². The van der Waals surface area contributed by atoms with Gasteiger partial charge in [0.2, 0.25) is 0 Å². The summed E-state index contributed by atoms with van der Waals surface area (Å²) in [5.41, 5.74) is 0. The molecule has 0 aromatic carbocycles. The van der Waals surface area contributed by atoms with Crippen LogP contribution in [0, 0.1) is 0 Å². The van der Waals surface area contributed by atoms with Gasteiger partial charge in [-0.1, -0.05) is 34.8 Å². The van der Waals surface area contributed by atoms with Gasteiger partial charge in [-0.25, -0.2) is 0 Å². The zero-order valence-corrected chi connectivity index (χ0v) is 6.83. The number of alkyl halides is 3. The third-order valence-corrected chi connectivity index (χ3v) is 0.487. The Hall–Kier alpha value is 0.340. The van der Waals surface area contributed by atoms with Crippen LogP contribution in [0.3, 0.4) is 0 Å². The van der Waals surface area contributed by atoms with E-state index in [1.54, 1.807) is 0 Å². The van der Waals surface area contributed by atoms with E-state index in [1.807, 2.05) is 0 Å². The molecule has 0 unspecified atom stereocenters. The van der Waals surface area contributed by atoms with E-state index in [-0.39, 0.29) is 0 Å². The minimum absolute atomic E-state index is 0.750. The topological polar surface area (TPSA) is 21.6 Å². The predicted molar refractivity (Wildman–Crippen MR) is 40.7 cm³/mol. The Balaban J connectivity index is 0.000000148. The number of halogens is 3. The molecule has 1 heterocycles. The number of hydrogen-bond donors (Lipinski definition) is 0. The van der Waals surface area contributed by atoms with Crippen LogP contribution in [0.15, 0.2) is 4.99 Å². The van der Waals surface area contributed by atoms with Crippen LogP contribution >= 0.6 is 34.8 Å². The van der Waals surface area contributed by atoms with E-state index in [0.717, 1.165) is 13.2 Å². The second-order valence-corrected chi connectivity index (χ2v) is 3.11. The van der Waals surface area contributed by atoms with Gasteiger partial charge in [0, 0.05) is 0 Å². The van der Waals surface area contributed by atoms with Crippen LogP contribution in [-0.4, -0.2) is 23.8 Å². The highest BCUT2D eigenvalue weighted by atomic mass is 35.6. The normalized spacial score (nSPS) is 14.7. The molecule has 0 aromatic heterocycles. The molecule has 0 bridgehead atoms. The van der Waals surface area contributed by atoms with Crippen molar-refractivity contribution < 1.29 is 4.74 Å². The summed E-state index contributed by atoms with van der Waals surface area (Å²) in [5.74, 6) is 0. The summed E-state index contributed by atoms with van der Waals surface area (Å²) in [6.07, 6.45) is 1.49. The van der Waals surface area contributed by atoms with Crippen LogP contribution in [0.4, 0.5) is 0 Å². The predicted octanol–water partition coefficient (Wildman–Crippen LogP) is 2.03. The third kappa shape index (κ3) is 11.8. The molecule has 1 aliphatic rings. The second-order valence-electron chi connectivity index (χ2n) is 1.13. The molecule has 0 aromatic rings. The monoisotopic (exact) mass is 189 g/mol. The van der Waals surface area contributed by atoms with Crippen molar-refractivity contribution in [2.45, 2.75) is 4.30 Å². The quantitative estimate of drug-likeness (QED) is 0.536. The SMILES string of the molecule is C1=NCCO1.ClC(Cl)Cl. The van der Waals surface area contributed by atoms with Crippen LogP contribution in [0.2, 0.25) is 0 Å². The molecule has 0 saturated heterocycles. The first-order chi connectivity index (χ1) is 4.23. The Labute approximate surface area is 68.8 Å². The van der Waals surface area contributed by atoms with Gasteiger partial charge in [-0.05, 0) is 0 Å². The molecule has 0 saturated carbocycles. The maximum atomic E-state index is 4.81. The smallest absolute Gasteiger partial charge is 0.180 e. The summed E-state index contributed by atoms with van der Waals surface area (Å²) in [4.78, 5) is 3.74. The van der Waals surface area contributed by atoms with Crippen LogP contribution in [0.25, 0.3) is 0 Å². The van der Waals surface area contributed by atoms with Gasteiger partial charge >= 0.3 is 0 Å². The number of hydrogen-bond acceptors (Lipinski definition) is 2. The lowest BCUT2D eigenvalue weighted by Crippen LogP contribution is -1.80. The van der Waals surface area contributed by atoms with Gasteiger partial charge in [-0.15, -0.1) is 0 Å². The first-order valence-electron chi connectivity index (χ1n) is 2.25. The van der Waals surface area contributed by atoms with Gasteiger partial charge in [-0.3, -0.25) is 4.99 Å². The molecule has 0 spiro atoms. The van der Waals surface area contributed by atoms with Gasteiger partial charge in [-0.2, -0.15) is 0 Å². The second kappa shape index (κ2) is 6.46. The lowest BCUT2D eigenvalue weighted by Gasteiger charge is -1.76. The Morgan fingerprint density at radius 1 is 1.44 bits per heavy atom. The van der Waals surface area contributed by atoms with Gasteiger partial charge < -0.3 is 4.74 Å². The van der Waals surface area contributed by atoms with E-state index in [2.05, 4.69) is 9.73 Å². The molecule has 0 aliphatic carbocycles. The number of ether oxygens (including phenoxy) is 1.